The Kier molecular flexibility index (Phi) is 6.58. The lowest BCUT2D eigenvalue weighted by atomic mass is 9.90. The zero-order chi connectivity index (χ0) is 24.5. The van der Waals surface area contributed by atoms with E-state index in [1.807, 2.05) is 18.5 Å². The van der Waals surface area contributed by atoms with E-state index >= 15 is 0 Å². The summed E-state index contributed by atoms with van der Waals surface area (Å²) in [6.45, 7) is 5.39. The Balaban J connectivity index is 1.50. The Morgan fingerprint density at radius 2 is 2.03 bits per heavy atom. The van der Waals surface area contributed by atoms with Crippen LogP contribution in [0.25, 0.3) is 16.6 Å². The van der Waals surface area contributed by atoms with Crippen LogP contribution >= 0.6 is 11.8 Å². The molecular weight excluding hydrogens is 461 g/mol. The quantitative estimate of drug-likeness (QED) is 0.356. The molecule has 5 rings (SSSR count). The third kappa shape index (κ3) is 4.44. The predicted molar refractivity (Wildman–Crippen MR) is 134 cm³/mol. The number of pyridine rings is 2. The summed E-state index contributed by atoms with van der Waals surface area (Å²) in [5, 5.41) is 19.0. The van der Waals surface area contributed by atoms with Gasteiger partial charge >= 0.3 is 0 Å². The second-order valence-corrected chi connectivity index (χ2v) is 10.1. The van der Waals surface area contributed by atoms with Crippen molar-refractivity contribution < 1.29 is 4.39 Å². The van der Waals surface area contributed by atoms with Crippen LogP contribution in [-0.4, -0.2) is 48.9 Å². The summed E-state index contributed by atoms with van der Waals surface area (Å²) in [6.07, 6.45) is 11.5. The highest BCUT2D eigenvalue weighted by Gasteiger charge is 2.26. The average molecular weight is 490 g/mol. The minimum absolute atomic E-state index is 0.262. The van der Waals surface area contributed by atoms with Crippen molar-refractivity contribution in [3.05, 3.63) is 60.1 Å². The average Bonchev–Trinajstić information content (AvgIpc) is 3.48. The summed E-state index contributed by atoms with van der Waals surface area (Å²) in [5.74, 6) is -0.396. The molecule has 0 atom stereocenters. The lowest BCUT2D eigenvalue weighted by Gasteiger charge is -2.34. The fourth-order valence-corrected chi connectivity index (χ4v) is 5.99. The maximum Gasteiger partial charge on any atom is 0.155 e. The van der Waals surface area contributed by atoms with Gasteiger partial charge in [0.25, 0.3) is 0 Å². The number of nitrogens with zero attached hydrogens (tertiary/aromatic N) is 7. The molecule has 1 aliphatic rings. The van der Waals surface area contributed by atoms with Gasteiger partial charge in [-0.2, -0.15) is 15.5 Å². The Bertz CT molecular complexity index is 1390. The number of hydrogen-bond acceptors (Lipinski definition) is 6. The van der Waals surface area contributed by atoms with E-state index in [-0.39, 0.29) is 5.03 Å². The molecule has 35 heavy (non-hydrogen) atoms. The minimum atomic E-state index is -0.396. The number of fused-ring (bicyclic) bond motifs is 1. The third-order valence-electron chi connectivity index (χ3n) is 7.12. The molecule has 0 saturated heterocycles. The van der Waals surface area contributed by atoms with Gasteiger partial charge in [-0.15, -0.1) is 0 Å². The second-order valence-electron chi connectivity index (χ2n) is 9.07. The van der Waals surface area contributed by atoms with Crippen molar-refractivity contribution in [2.24, 2.45) is 0 Å². The molecular formula is C26H28FN7S. The summed E-state index contributed by atoms with van der Waals surface area (Å²) in [6, 6.07) is 8.17. The Morgan fingerprint density at radius 3 is 2.74 bits per heavy atom. The van der Waals surface area contributed by atoms with Crippen LogP contribution in [-0.2, 0) is 0 Å². The zero-order valence-electron chi connectivity index (χ0n) is 20.1. The summed E-state index contributed by atoms with van der Waals surface area (Å²) in [5.41, 5.74) is 4.12. The highest BCUT2D eigenvalue weighted by atomic mass is 32.2. The molecule has 1 aliphatic carbocycles. The minimum Gasteiger partial charge on any atom is -0.304 e. The van der Waals surface area contributed by atoms with E-state index in [0.29, 0.717) is 23.2 Å². The number of hydrogen-bond donors (Lipinski definition) is 0. The molecule has 7 nitrogen and oxygen atoms in total. The summed E-state index contributed by atoms with van der Waals surface area (Å²) in [7, 11) is 2.21. The van der Waals surface area contributed by atoms with Crippen LogP contribution in [0.1, 0.15) is 49.9 Å². The molecule has 0 spiro atoms. The van der Waals surface area contributed by atoms with Crippen molar-refractivity contribution in [3.8, 4) is 17.2 Å². The zero-order valence-corrected chi connectivity index (χ0v) is 21.0. The fraction of sp³-hybridized carbons (Fsp3) is 0.385. The van der Waals surface area contributed by atoms with E-state index in [0.717, 1.165) is 41.1 Å². The molecule has 0 unspecified atom stereocenters. The van der Waals surface area contributed by atoms with Gasteiger partial charge in [-0.05, 0) is 64.4 Å². The number of halogens is 1. The van der Waals surface area contributed by atoms with E-state index in [4.69, 9.17) is 5.10 Å². The summed E-state index contributed by atoms with van der Waals surface area (Å²) >= 11 is 1.20. The van der Waals surface area contributed by atoms with Gasteiger partial charge in [0.05, 0.1) is 29.5 Å². The first-order chi connectivity index (χ1) is 17.0. The molecule has 9 heteroatoms. The van der Waals surface area contributed by atoms with Gasteiger partial charge in [-0.3, -0.25) is 4.68 Å². The molecule has 4 heterocycles. The highest BCUT2D eigenvalue weighted by molar-refractivity contribution is 7.99. The normalized spacial score (nSPS) is 18.3. The molecule has 0 aliphatic heterocycles. The summed E-state index contributed by atoms with van der Waals surface area (Å²) in [4.78, 5) is 7.35. The molecule has 0 radical (unpaired) electrons. The highest BCUT2D eigenvalue weighted by Crippen LogP contribution is 2.38. The smallest absolute Gasteiger partial charge is 0.155 e. The number of aromatic nitrogens is 5. The number of nitriles is 1. The molecule has 4 aromatic rings. The molecule has 4 aromatic heterocycles. The molecule has 0 amide bonds. The van der Waals surface area contributed by atoms with Crippen molar-refractivity contribution in [1.29, 1.82) is 5.26 Å². The maximum absolute atomic E-state index is 14.4. The van der Waals surface area contributed by atoms with Crippen LogP contribution in [0.5, 0.6) is 0 Å². The molecule has 180 valence electrons. The van der Waals surface area contributed by atoms with Gasteiger partial charge in [-0.1, -0.05) is 18.7 Å². The van der Waals surface area contributed by atoms with E-state index < -0.39 is 5.82 Å². The topological polar surface area (TPSA) is 75.0 Å². The first-order valence-corrected chi connectivity index (χ1v) is 12.8. The largest absolute Gasteiger partial charge is 0.304 e. The maximum atomic E-state index is 14.4. The van der Waals surface area contributed by atoms with Crippen LogP contribution in [0.15, 0.2) is 52.9 Å². The second kappa shape index (κ2) is 9.80. The first-order valence-electron chi connectivity index (χ1n) is 11.9. The van der Waals surface area contributed by atoms with Crippen molar-refractivity contribution in [2.45, 2.75) is 61.5 Å². The van der Waals surface area contributed by atoms with Gasteiger partial charge in [-0.25, -0.2) is 13.9 Å². The van der Waals surface area contributed by atoms with Crippen molar-refractivity contribution >= 4 is 17.3 Å². The van der Waals surface area contributed by atoms with Crippen molar-refractivity contribution in [1.82, 2.24) is 29.3 Å². The van der Waals surface area contributed by atoms with Crippen molar-refractivity contribution in [3.63, 3.8) is 0 Å². The number of rotatable bonds is 6. The van der Waals surface area contributed by atoms with Crippen molar-refractivity contribution in [2.75, 3.05) is 13.6 Å². The third-order valence-corrected chi connectivity index (χ3v) is 8.14. The van der Waals surface area contributed by atoms with Crippen LogP contribution in [0.4, 0.5) is 4.39 Å². The van der Waals surface area contributed by atoms with E-state index in [9.17, 15) is 9.65 Å². The predicted octanol–water partition coefficient (Wildman–Crippen LogP) is 5.50. The van der Waals surface area contributed by atoms with Gasteiger partial charge in [0.2, 0.25) is 0 Å². The van der Waals surface area contributed by atoms with Crippen LogP contribution < -0.4 is 0 Å². The lowest BCUT2D eigenvalue weighted by molar-refractivity contribution is 0.168. The fourth-order valence-electron chi connectivity index (χ4n) is 5.02. The molecule has 0 aromatic carbocycles. The Labute approximate surface area is 208 Å². The lowest BCUT2D eigenvalue weighted by Crippen LogP contribution is -2.35. The van der Waals surface area contributed by atoms with Gasteiger partial charge < -0.3 is 4.90 Å². The molecule has 1 fully saturated rings. The Morgan fingerprint density at radius 1 is 1.23 bits per heavy atom. The van der Waals surface area contributed by atoms with Gasteiger partial charge in [0.1, 0.15) is 11.1 Å². The van der Waals surface area contributed by atoms with E-state index in [2.05, 4.69) is 46.6 Å². The first kappa shape index (κ1) is 23.5. The molecule has 0 bridgehead atoms. The monoisotopic (exact) mass is 489 g/mol. The standard InChI is InChI=1S/C26H28FN7S/c1-4-32(3)20-7-9-21(10-8-20)34-17(2)22(15-31-34)18-12-24(35-26-23(27)6-5-11-29-26)25-19(13-28)14-30-33(25)16-18/h5-6,11-12,14-16,20-21H,4,7-10H2,1-3H3/t20-,21+. The summed E-state index contributed by atoms with van der Waals surface area (Å²) < 4.78 is 18.3. The van der Waals surface area contributed by atoms with Gasteiger partial charge in [0.15, 0.2) is 5.82 Å². The molecule has 0 N–H and O–H groups in total. The Hall–Kier alpha value is -3.22. The SMILES string of the molecule is CCN(C)[C@H]1CC[C@@H](n2ncc(-c3cc(Sc4ncccc4F)c4c(C#N)cnn4c3)c2C)CC1. The van der Waals surface area contributed by atoms with Gasteiger partial charge in [0, 0.05) is 40.2 Å². The van der Waals surface area contributed by atoms with Crippen LogP contribution in [0.2, 0.25) is 0 Å². The van der Waals surface area contributed by atoms with Crippen LogP contribution in [0.3, 0.4) is 0 Å². The molecule has 1 saturated carbocycles. The van der Waals surface area contributed by atoms with Crippen LogP contribution in [0, 0.1) is 24.1 Å². The van der Waals surface area contributed by atoms with E-state index in [1.54, 1.807) is 23.0 Å². The van der Waals surface area contributed by atoms with E-state index in [1.165, 1.54) is 30.7 Å².